The number of nitrogens with zero attached hydrogens (tertiary/aromatic N) is 4. The Hall–Kier alpha value is -5.57. The number of carbonyl (C=O) groups excluding carboxylic acids is 1. The van der Waals surface area contributed by atoms with E-state index in [1.54, 1.807) is 47.1 Å². The number of para-hydroxylation sites is 1. The van der Waals surface area contributed by atoms with E-state index in [9.17, 15) is 9.18 Å². The standard InChI is InChI=1S/C31H23FN6O2/c1-40-27-14-3-2-12-24(27)30(39)34-22-10-6-8-20(18-22)29-28(26-13-4-5-17-38(26)37-29)25-15-16-33-31(36-25)35-23-11-7-9-21(32)19-23/h2-19H,1H3,(H,34,39)(H,33,35,36). The highest BCUT2D eigenvalue weighted by Crippen LogP contribution is 2.35. The molecule has 8 nitrogen and oxygen atoms in total. The van der Waals surface area contributed by atoms with E-state index in [4.69, 9.17) is 14.8 Å². The smallest absolute Gasteiger partial charge is 0.259 e. The number of rotatable bonds is 7. The molecule has 9 heteroatoms. The van der Waals surface area contributed by atoms with Crippen molar-refractivity contribution in [2.75, 3.05) is 17.7 Å². The summed E-state index contributed by atoms with van der Waals surface area (Å²) in [6.07, 6.45) is 3.51. The van der Waals surface area contributed by atoms with E-state index < -0.39 is 0 Å². The van der Waals surface area contributed by atoms with Crippen LogP contribution in [0.3, 0.4) is 0 Å². The number of carbonyl (C=O) groups is 1. The van der Waals surface area contributed by atoms with E-state index in [0.717, 1.165) is 16.6 Å². The first-order chi connectivity index (χ1) is 19.6. The van der Waals surface area contributed by atoms with Crippen molar-refractivity contribution in [3.05, 3.63) is 121 Å². The van der Waals surface area contributed by atoms with Gasteiger partial charge in [-0.25, -0.2) is 18.9 Å². The van der Waals surface area contributed by atoms with Crippen molar-refractivity contribution in [2.24, 2.45) is 0 Å². The predicted molar refractivity (Wildman–Crippen MR) is 152 cm³/mol. The number of hydrogen-bond donors (Lipinski definition) is 2. The fourth-order valence-electron chi connectivity index (χ4n) is 4.48. The van der Waals surface area contributed by atoms with Crippen molar-refractivity contribution in [3.63, 3.8) is 0 Å². The lowest BCUT2D eigenvalue weighted by atomic mass is 10.0. The number of methoxy groups -OCH3 is 1. The van der Waals surface area contributed by atoms with Crippen molar-refractivity contribution in [2.45, 2.75) is 0 Å². The number of amides is 1. The van der Waals surface area contributed by atoms with Crippen LogP contribution in [0.5, 0.6) is 5.75 Å². The van der Waals surface area contributed by atoms with Crippen LogP contribution in [0.15, 0.2) is 109 Å². The average molecular weight is 531 g/mol. The monoisotopic (exact) mass is 530 g/mol. The van der Waals surface area contributed by atoms with Crippen LogP contribution >= 0.6 is 0 Å². The number of halogens is 1. The van der Waals surface area contributed by atoms with Crippen molar-refractivity contribution in [1.82, 2.24) is 19.6 Å². The van der Waals surface area contributed by atoms with Crippen molar-refractivity contribution in [1.29, 1.82) is 0 Å². The summed E-state index contributed by atoms with van der Waals surface area (Å²) in [7, 11) is 1.53. The normalized spacial score (nSPS) is 10.8. The van der Waals surface area contributed by atoms with E-state index >= 15 is 0 Å². The average Bonchev–Trinajstić information content (AvgIpc) is 3.37. The summed E-state index contributed by atoms with van der Waals surface area (Å²) in [6, 6.07) is 28.2. The van der Waals surface area contributed by atoms with Crippen LogP contribution in [0.4, 0.5) is 21.7 Å². The third kappa shape index (κ3) is 4.95. The van der Waals surface area contributed by atoms with Gasteiger partial charge >= 0.3 is 0 Å². The number of aromatic nitrogens is 4. The molecule has 196 valence electrons. The predicted octanol–water partition coefficient (Wildman–Crippen LogP) is 6.60. The van der Waals surface area contributed by atoms with Gasteiger partial charge in [-0.15, -0.1) is 0 Å². The molecular weight excluding hydrogens is 507 g/mol. The molecule has 3 aromatic carbocycles. The fraction of sp³-hybridized carbons (Fsp3) is 0.0323. The lowest BCUT2D eigenvalue weighted by molar-refractivity contribution is 0.102. The highest BCUT2D eigenvalue weighted by atomic mass is 19.1. The van der Waals surface area contributed by atoms with Gasteiger partial charge in [-0.1, -0.05) is 36.4 Å². The second-order valence-electron chi connectivity index (χ2n) is 8.89. The number of fused-ring (bicyclic) bond motifs is 1. The van der Waals surface area contributed by atoms with Crippen molar-refractivity contribution in [3.8, 4) is 28.3 Å². The van der Waals surface area contributed by atoms with Gasteiger partial charge in [0, 0.05) is 29.3 Å². The summed E-state index contributed by atoms with van der Waals surface area (Å²) in [5.74, 6) is 0.171. The number of hydrogen-bond acceptors (Lipinski definition) is 6. The molecule has 40 heavy (non-hydrogen) atoms. The molecule has 6 aromatic rings. The first-order valence-corrected chi connectivity index (χ1v) is 12.5. The molecule has 0 aliphatic carbocycles. The Balaban J connectivity index is 1.38. The number of ether oxygens (including phenoxy) is 1. The summed E-state index contributed by atoms with van der Waals surface area (Å²) in [5, 5.41) is 10.9. The highest BCUT2D eigenvalue weighted by molar-refractivity contribution is 6.06. The van der Waals surface area contributed by atoms with Gasteiger partial charge in [0.1, 0.15) is 17.3 Å². The van der Waals surface area contributed by atoms with Crippen LogP contribution in [-0.4, -0.2) is 32.6 Å². The summed E-state index contributed by atoms with van der Waals surface area (Å²) < 4.78 is 20.8. The van der Waals surface area contributed by atoms with Crippen LogP contribution in [0.25, 0.3) is 28.0 Å². The molecule has 0 unspecified atom stereocenters. The van der Waals surface area contributed by atoms with Gasteiger partial charge in [-0.05, 0) is 60.7 Å². The Labute approximate surface area is 229 Å². The molecule has 0 aliphatic heterocycles. The molecule has 3 aromatic heterocycles. The second-order valence-corrected chi connectivity index (χ2v) is 8.89. The summed E-state index contributed by atoms with van der Waals surface area (Å²) in [6.45, 7) is 0. The van der Waals surface area contributed by atoms with Gasteiger partial charge in [0.25, 0.3) is 5.91 Å². The van der Waals surface area contributed by atoms with Crippen LogP contribution in [0.2, 0.25) is 0 Å². The summed E-state index contributed by atoms with van der Waals surface area (Å²) >= 11 is 0. The maximum atomic E-state index is 13.7. The minimum atomic E-state index is -0.358. The Kier molecular flexibility index (Phi) is 6.60. The first kappa shape index (κ1) is 24.7. The van der Waals surface area contributed by atoms with E-state index in [2.05, 4.69) is 15.6 Å². The number of benzene rings is 3. The molecule has 1 amide bonds. The second kappa shape index (κ2) is 10.7. The van der Waals surface area contributed by atoms with Crippen molar-refractivity contribution < 1.29 is 13.9 Å². The first-order valence-electron chi connectivity index (χ1n) is 12.5. The zero-order valence-corrected chi connectivity index (χ0v) is 21.4. The van der Waals surface area contributed by atoms with Crippen LogP contribution in [0.1, 0.15) is 10.4 Å². The largest absolute Gasteiger partial charge is 0.496 e. The van der Waals surface area contributed by atoms with E-state index in [1.807, 2.05) is 54.7 Å². The van der Waals surface area contributed by atoms with Crippen LogP contribution in [0, 0.1) is 5.82 Å². The van der Waals surface area contributed by atoms with Gasteiger partial charge in [-0.3, -0.25) is 4.79 Å². The third-order valence-electron chi connectivity index (χ3n) is 6.28. The molecule has 0 atom stereocenters. The Morgan fingerprint density at radius 3 is 2.60 bits per heavy atom. The van der Waals surface area contributed by atoms with Crippen molar-refractivity contribution >= 4 is 28.7 Å². The highest BCUT2D eigenvalue weighted by Gasteiger charge is 2.19. The fourth-order valence-corrected chi connectivity index (χ4v) is 4.48. The molecule has 6 rings (SSSR count). The Morgan fingerprint density at radius 1 is 0.900 bits per heavy atom. The molecule has 2 N–H and O–H groups in total. The van der Waals surface area contributed by atoms with E-state index in [0.29, 0.717) is 40.0 Å². The lowest BCUT2D eigenvalue weighted by Gasteiger charge is -2.10. The molecule has 0 spiro atoms. The quantitative estimate of drug-likeness (QED) is 0.242. The molecule has 0 aliphatic rings. The van der Waals surface area contributed by atoms with Crippen LogP contribution < -0.4 is 15.4 Å². The molecule has 0 saturated carbocycles. The van der Waals surface area contributed by atoms with Gasteiger partial charge in [0.2, 0.25) is 5.95 Å². The van der Waals surface area contributed by atoms with Gasteiger partial charge in [0.15, 0.2) is 0 Å². The maximum absolute atomic E-state index is 13.7. The molecule has 3 heterocycles. The molecule has 0 fully saturated rings. The maximum Gasteiger partial charge on any atom is 0.259 e. The number of pyridine rings is 1. The molecule has 0 bridgehead atoms. The summed E-state index contributed by atoms with van der Waals surface area (Å²) in [5.41, 5.74) is 5.31. The van der Waals surface area contributed by atoms with Gasteiger partial charge in [-0.2, -0.15) is 5.10 Å². The van der Waals surface area contributed by atoms with Gasteiger partial charge < -0.3 is 15.4 Å². The third-order valence-corrected chi connectivity index (χ3v) is 6.28. The Morgan fingerprint density at radius 2 is 1.73 bits per heavy atom. The van der Waals surface area contributed by atoms with Crippen LogP contribution in [-0.2, 0) is 0 Å². The minimum Gasteiger partial charge on any atom is -0.496 e. The lowest BCUT2D eigenvalue weighted by Crippen LogP contribution is -2.13. The topological polar surface area (TPSA) is 93.4 Å². The number of anilines is 3. The Bertz CT molecular complexity index is 1850. The number of nitrogens with one attached hydrogen (secondary N) is 2. The van der Waals surface area contributed by atoms with E-state index in [1.165, 1.54) is 19.2 Å². The zero-order valence-electron chi connectivity index (χ0n) is 21.4. The van der Waals surface area contributed by atoms with Gasteiger partial charge in [0.05, 0.1) is 29.4 Å². The molecule has 0 saturated heterocycles. The molecular formula is C31H23FN6O2. The van der Waals surface area contributed by atoms with E-state index in [-0.39, 0.29) is 11.7 Å². The SMILES string of the molecule is COc1ccccc1C(=O)Nc1cccc(-c2nn3ccccc3c2-c2ccnc(Nc3cccc(F)c3)n2)c1. The minimum absolute atomic E-state index is 0.284. The molecule has 0 radical (unpaired) electrons. The zero-order chi connectivity index (χ0) is 27.5. The summed E-state index contributed by atoms with van der Waals surface area (Å²) in [4.78, 5) is 22.1.